The van der Waals surface area contributed by atoms with E-state index in [1.807, 2.05) is 0 Å². The van der Waals surface area contributed by atoms with Crippen molar-refractivity contribution in [3.05, 3.63) is 29.6 Å². The number of nitrogens with one attached hydrogen (secondary N) is 1. The summed E-state index contributed by atoms with van der Waals surface area (Å²) in [7, 11) is 0. The van der Waals surface area contributed by atoms with Crippen LogP contribution in [0, 0.1) is 5.82 Å². The minimum Gasteiger partial charge on any atom is -0.394 e. The van der Waals surface area contributed by atoms with Gasteiger partial charge in [-0.3, -0.25) is 0 Å². The first kappa shape index (κ1) is 13.7. The standard InChI is InChI=1S/C10H11F4NO2/c11-9-2-1-6(15-4-7(17)5-16)3-8(9)10(12,13)14/h1-3,7,15-17H,4-5H2. The summed E-state index contributed by atoms with van der Waals surface area (Å²) in [4.78, 5) is 0. The van der Waals surface area contributed by atoms with Crippen LogP contribution in [0.15, 0.2) is 18.2 Å². The molecule has 0 spiro atoms. The van der Waals surface area contributed by atoms with Crippen molar-refractivity contribution in [1.82, 2.24) is 0 Å². The fourth-order valence-corrected chi connectivity index (χ4v) is 1.15. The van der Waals surface area contributed by atoms with Gasteiger partial charge in [0.15, 0.2) is 0 Å². The van der Waals surface area contributed by atoms with Crippen molar-refractivity contribution in [3.8, 4) is 0 Å². The summed E-state index contributed by atoms with van der Waals surface area (Å²) in [6.45, 7) is -0.639. The highest BCUT2D eigenvalue weighted by Crippen LogP contribution is 2.32. The normalized spacial score (nSPS) is 13.5. The highest BCUT2D eigenvalue weighted by atomic mass is 19.4. The average Bonchev–Trinajstić information content (AvgIpc) is 2.26. The van der Waals surface area contributed by atoms with E-state index in [-0.39, 0.29) is 12.2 Å². The van der Waals surface area contributed by atoms with E-state index in [1.54, 1.807) is 0 Å². The van der Waals surface area contributed by atoms with Gasteiger partial charge in [0.05, 0.1) is 18.3 Å². The number of benzene rings is 1. The van der Waals surface area contributed by atoms with Gasteiger partial charge in [0.25, 0.3) is 0 Å². The Morgan fingerprint density at radius 1 is 1.29 bits per heavy atom. The highest BCUT2D eigenvalue weighted by molar-refractivity contribution is 5.47. The summed E-state index contributed by atoms with van der Waals surface area (Å²) < 4.78 is 49.9. The molecule has 0 radical (unpaired) electrons. The van der Waals surface area contributed by atoms with Gasteiger partial charge in [0.1, 0.15) is 5.82 Å². The fraction of sp³-hybridized carbons (Fsp3) is 0.400. The minimum absolute atomic E-state index is 0.0197. The molecule has 0 saturated carbocycles. The SMILES string of the molecule is OCC(O)CNc1ccc(F)c(C(F)(F)F)c1. The van der Waals surface area contributed by atoms with Crippen LogP contribution in [0.2, 0.25) is 0 Å². The van der Waals surface area contributed by atoms with Crippen molar-refractivity contribution >= 4 is 5.69 Å². The predicted octanol–water partition coefficient (Wildman–Crippen LogP) is 1.61. The number of alkyl halides is 3. The van der Waals surface area contributed by atoms with Gasteiger partial charge in [-0.15, -0.1) is 0 Å². The van der Waals surface area contributed by atoms with Crippen LogP contribution in [0.3, 0.4) is 0 Å². The van der Waals surface area contributed by atoms with Crippen molar-refractivity contribution in [3.63, 3.8) is 0 Å². The molecule has 3 N–H and O–H groups in total. The first-order valence-electron chi connectivity index (χ1n) is 4.74. The molecule has 96 valence electrons. The molecular formula is C10H11F4NO2. The molecule has 1 atom stereocenters. The first-order valence-corrected chi connectivity index (χ1v) is 4.74. The van der Waals surface area contributed by atoms with Crippen molar-refractivity contribution in [2.75, 3.05) is 18.5 Å². The lowest BCUT2D eigenvalue weighted by Gasteiger charge is -2.13. The van der Waals surface area contributed by atoms with Crippen molar-refractivity contribution in [2.24, 2.45) is 0 Å². The third kappa shape index (κ3) is 3.86. The Hall–Kier alpha value is -1.34. The summed E-state index contributed by atoms with van der Waals surface area (Å²) in [5.74, 6) is -1.36. The molecule has 0 fully saturated rings. The zero-order valence-corrected chi connectivity index (χ0v) is 8.63. The van der Waals surface area contributed by atoms with Crippen LogP contribution >= 0.6 is 0 Å². The summed E-state index contributed by atoms with van der Waals surface area (Å²) >= 11 is 0. The molecule has 1 aromatic rings. The second kappa shape index (κ2) is 5.33. The van der Waals surface area contributed by atoms with Crippen molar-refractivity contribution in [2.45, 2.75) is 12.3 Å². The zero-order chi connectivity index (χ0) is 13.1. The third-order valence-corrected chi connectivity index (χ3v) is 2.02. The Kier molecular flexibility index (Phi) is 4.30. The number of aliphatic hydroxyl groups is 2. The van der Waals surface area contributed by atoms with Gasteiger partial charge in [-0.25, -0.2) is 4.39 Å². The number of aliphatic hydroxyl groups excluding tert-OH is 2. The van der Waals surface area contributed by atoms with E-state index in [1.165, 1.54) is 0 Å². The second-order valence-electron chi connectivity index (χ2n) is 3.41. The maximum atomic E-state index is 12.9. The van der Waals surface area contributed by atoms with Gasteiger partial charge in [-0.2, -0.15) is 13.2 Å². The number of hydrogen-bond acceptors (Lipinski definition) is 3. The van der Waals surface area contributed by atoms with Crippen molar-refractivity contribution in [1.29, 1.82) is 0 Å². The number of anilines is 1. The van der Waals surface area contributed by atoms with Gasteiger partial charge in [0, 0.05) is 12.2 Å². The lowest BCUT2D eigenvalue weighted by Crippen LogP contribution is -2.23. The van der Waals surface area contributed by atoms with Crippen LogP contribution in [0.1, 0.15) is 5.56 Å². The number of rotatable bonds is 4. The molecule has 1 rings (SSSR count). The van der Waals surface area contributed by atoms with Gasteiger partial charge in [-0.05, 0) is 18.2 Å². The maximum Gasteiger partial charge on any atom is 0.419 e. The van der Waals surface area contributed by atoms with Gasteiger partial charge < -0.3 is 15.5 Å². The van der Waals surface area contributed by atoms with Crippen molar-refractivity contribution < 1.29 is 27.8 Å². The lowest BCUT2D eigenvalue weighted by atomic mass is 10.1. The van der Waals surface area contributed by atoms with Crippen LogP contribution in [0.25, 0.3) is 0 Å². The van der Waals surface area contributed by atoms with E-state index in [0.29, 0.717) is 12.1 Å². The molecule has 0 bridgehead atoms. The quantitative estimate of drug-likeness (QED) is 0.714. The van der Waals surface area contributed by atoms with Crippen LogP contribution < -0.4 is 5.32 Å². The minimum atomic E-state index is -4.77. The van der Waals surface area contributed by atoms with E-state index in [4.69, 9.17) is 10.2 Å². The largest absolute Gasteiger partial charge is 0.419 e. The Morgan fingerprint density at radius 2 is 1.94 bits per heavy atom. The fourth-order valence-electron chi connectivity index (χ4n) is 1.15. The van der Waals surface area contributed by atoms with Gasteiger partial charge >= 0.3 is 6.18 Å². The molecule has 0 amide bonds. The van der Waals surface area contributed by atoms with Gasteiger partial charge in [0.2, 0.25) is 0 Å². The third-order valence-electron chi connectivity index (χ3n) is 2.02. The summed E-state index contributed by atoms with van der Waals surface area (Å²) in [6, 6.07) is 2.42. The molecule has 0 aliphatic rings. The monoisotopic (exact) mass is 253 g/mol. The summed E-state index contributed by atoms with van der Waals surface area (Å²) in [6.07, 6.45) is -5.86. The van der Waals surface area contributed by atoms with Crippen LogP contribution in [0.4, 0.5) is 23.2 Å². The topological polar surface area (TPSA) is 52.5 Å². The predicted molar refractivity (Wildman–Crippen MR) is 53.0 cm³/mol. The van der Waals surface area contributed by atoms with Crippen LogP contribution in [-0.2, 0) is 6.18 Å². The second-order valence-corrected chi connectivity index (χ2v) is 3.41. The lowest BCUT2D eigenvalue weighted by molar-refractivity contribution is -0.139. The van der Waals surface area contributed by atoms with E-state index in [0.717, 1.165) is 6.07 Å². The molecule has 0 aliphatic carbocycles. The molecule has 0 heterocycles. The molecule has 1 unspecified atom stereocenters. The Labute approximate surface area is 94.7 Å². The molecule has 3 nitrogen and oxygen atoms in total. The Morgan fingerprint density at radius 3 is 2.47 bits per heavy atom. The number of halogens is 4. The molecule has 1 aromatic carbocycles. The van der Waals surface area contributed by atoms with E-state index in [9.17, 15) is 17.6 Å². The van der Waals surface area contributed by atoms with Crippen LogP contribution in [0.5, 0.6) is 0 Å². The molecule has 0 aliphatic heterocycles. The van der Waals surface area contributed by atoms with E-state index < -0.39 is 30.3 Å². The van der Waals surface area contributed by atoms with Crippen LogP contribution in [-0.4, -0.2) is 29.5 Å². The van der Waals surface area contributed by atoms with Gasteiger partial charge in [-0.1, -0.05) is 0 Å². The molecule has 17 heavy (non-hydrogen) atoms. The smallest absolute Gasteiger partial charge is 0.394 e. The molecule has 7 heteroatoms. The van der Waals surface area contributed by atoms with E-state index in [2.05, 4.69) is 5.32 Å². The summed E-state index contributed by atoms with van der Waals surface area (Å²) in [5, 5.41) is 20.0. The molecular weight excluding hydrogens is 242 g/mol. The average molecular weight is 253 g/mol. The highest BCUT2D eigenvalue weighted by Gasteiger charge is 2.34. The number of hydrogen-bond donors (Lipinski definition) is 3. The molecule has 0 saturated heterocycles. The maximum absolute atomic E-state index is 12.9. The first-order chi connectivity index (χ1) is 7.84. The van der Waals surface area contributed by atoms with E-state index >= 15 is 0 Å². The Balaban J connectivity index is 2.82. The molecule has 0 aromatic heterocycles. The zero-order valence-electron chi connectivity index (χ0n) is 8.63. The Bertz CT molecular complexity index is 381. The summed E-state index contributed by atoms with van der Waals surface area (Å²) in [5.41, 5.74) is -1.35.